The van der Waals surface area contributed by atoms with Crippen molar-refractivity contribution in [1.29, 1.82) is 5.26 Å². The predicted octanol–water partition coefficient (Wildman–Crippen LogP) is 4.32. The zero-order valence-electron chi connectivity index (χ0n) is 14.8. The van der Waals surface area contributed by atoms with Gasteiger partial charge in [-0.3, -0.25) is 4.79 Å². The molecule has 6 nitrogen and oxygen atoms in total. The number of hydrogen-bond donors (Lipinski definition) is 0. The lowest BCUT2D eigenvalue weighted by Crippen LogP contribution is -2.29. The van der Waals surface area contributed by atoms with Crippen LogP contribution in [0.4, 0.5) is 4.39 Å². The smallest absolute Gasteiger partial charge is 0.247 e. The fraction of sp³-hybridized carbons (Fsp3) is 0.150. The molecule has 0 atom stereocenters. The molecular formula is C20H16BrFN4O2. The Morgan fingerprint density at radius 2 is 2.29 bits per heavy atom. The zero-order chi connectivity index (χ0) is 19.9. The summed E-state index contributed by atoms with van der Waals surface area (Å²) >= 11 is 3.28. The number of hydrogen-bond acceptors (Lipinski definition) is 4. The normalized spacial score (nSPS) is 10.9. The molecule has 0 radical (unpaired) electrons. The van der Waals surface area contributed by atoms with Gasteiger partial charge in [-0.25, -0.2) is 9.07 Å². The summed E-state index contributed by atoms with van der Waals surface area (Å²) in [4.78, 5) is 14.0. The van der Waals surface area contributed by atoms with E-state index in [9.17, 15) is 9.18 Å². The molecule has 8 heteroatoms. The molecule has 3 rings (SSSR count). The predicted molar refractivity (Wildman–Crippen MR) is 105 cm³/mol. The quantitative estimate of drug-likeness (QED) is 0.510. The van der Waals surface area contributed by atoms with Gasteiger partial charge in [-0.05, 0) is 51.8 Å². The summed E-state index contributed by atoms with van der Waals surface area (Å²) in [6.07, 6.45) is 7.86. The van der Waals surface area contributed by atoms with E-state index >= 15 is 0 Å². The number of furan rings is 1. The number of nitriles is 1. The van der Waals surface area contributed by atoms with Crippen LogP contribution in [0.25, 0.3) is 11.8 Å². The van der Waals surface area contributed by atoms with Crippen molar-refractivity contribution in [3.63, 3.8) is 0 Å². The Labute approximate surface area is 169 Å². The number of carbonyl (C=O) groups excluding carboxylic acids is 1. The van der Waals surface area contributed by atoms with Crippen LogP contribution in [0.15, 0.2) is 64.0 Å². The molecule has 0 spiro atoms. The van der Waals surface area contributed by atoms with E-state index in [0.717, 1.165) is 4.47 Å². The Bertz CT molecular complexity index is 1020. The second-order valence-electron chi connectivity index (χ2n) is 5.89. The van der Waals surface area contributed by atoms with E-state index in [-0.39, 0.29) is 25.4 Å². The SMILES string of the molecule is N#CCCN(Cc1ccco1)C(=O)/C=C/c1ccc(-n2cc(Br)cn2)c(F)c1. The van der Waals surface area contributed by atoms with Gasteiger partial charge in [0.15, 0.2) is 0 Å². The zero-order valence-corrected chi connectivity index (χ0v) is 16.3. The van der Waals surface area contributed by atoms with Crippen molar-refractivity contribution in [3.05, 3.63) is 76.7 Å². The third-order valence-electron chi connectivity index (χ3n) is 3.92. The molecule has 0 bridgehead atoms. The first-order valence-electron chi connectivity index (χ1n) is 8.43. The van der Waals surface area contributed by atoms with Gasteiger partial charge in [0.25, 0.3) is 0 Å². The molecule has 142 valence electrons. The third kappa shape index (κ3) is 4.96. The molecule has 0 aliphatic rings. The molecule has 1 aromatic carbocycles. The van der Waals surface area contributed by atoms with Crippen molar-refractivity contribution in [2.75, 3.05) is 6.54 Å². The molecular weight excluding hydrogens is 427 g/mol. The number of carbonyl (C=O) groups is 1. The maximum absolute atomic E-state index is 14.4. The van der Waals surface area contributed by atoms with Gasteiger partial charge in [0.2, 0.25) is 5.91 Å². The van der Waals surface area contributed by atoms with Crippen molar-refractivity contribution in [2.45, 2.75) is 13.0 Å². The van der Waals surface area contributed by atoms with Crippen LogP contribution in [0.3, 0.4) is 0 Å². The lowest BCUT2D eigenvalue weighted by Gasteiger charge is -2.18. The number of aromatic nitrogens is 2. The second kappa shape index (κ2) is 9.15. The number of amides is 1. The fourth-order valence-corrected chi connectivity index (χ4v) is 2.85. The summed E-state index contributed by atoms with van der Waals surface area (Å²) < 4.78 is 21.8. The molecule has 0 fully saturated rings. The molecule has 28 heavy (non-hydrogen) atoms. The van der Waals surface area contributed by atoms with Crippen molar-refractivity contribution < 1.29 is 13.6 Å². The first kappa shape index (κ1) is 19.6. The molecule has 0 N–H and O–H groups in total. The standard InChI is InChI=1S/C20H16BrFN4O2/c21-16-12-24-26(13-16)19-6-4-15(11-18(19)22)5-7-20(27)25(9-2-8-23)14-17-3-1-10-28-17/h1,3-7,10-13H,2,9,14H2/b7-5+. The number of rotatable bonds is 7. The summed E-state index contributed by atoms with van der Waals surface area (Å²) in [5.41, 5.74) is 0.849. The van der Waals surface area contributed by atoms with Crippen LogP contribution in [0.2, 0.25) is 0 Å². The summed E-state index contributed by atoms with van der Waals surface area (Å²) in [6.45, 7) is 0.543. The van der Waals surface area contributed by atoms with E-state index in [4.69, 9.17) is 9.68 Å². The van der Waals surface area contributed by atoms with Gasteiger partial charge in [-0.2, -0.15) is 10.4 Å². The molecule has 2 heterocycles. The minimum atomic E-state index is -0.456. The van der Waals surface area contributed by atoms with Gasteiger partial charge >= 0.3 is 0 Å². The number of nitrogens with zero attached hydrogens (tertiary/aromatic N) is 4. The van der Waals surface area contributed by atoms with E-state index in [1.807, 2.05) is 6.07 Å². The lowest BCUT2D eigenvalue weighted by atomic mass is 10.1. The van der Waals surface area contributed by atoms with E-state index < -0.39 is 5.82 Å². The van der Waals surface area contributed by atoms with Crippen LogP contribution < -0.4 is 0 Å². The van der Waals surface area contributed by atoms with Crippen molar-refractivity contribution in [1.82, 2.24) is 14.7 Å². The van der Waals surface area contributed by atoms with Crippen molar-refractivity contribution in [2.24, 2.45) is 0 Å². The second-order valence-corrected chi connectivity index (χ2v) is 6.81. The van der Waals surface area contributed by atoms with E-state index in [0.29, 0.717) is 17.0 Å². The molecule has 0 saturated carbocycles. The summed E-state index contributed by atoms with van der Waals surface area (Å²) in [6, 6.07) is 10.2. The highest BCUT2D eigenvalue weighted by Gasteiger charge is 2.13. The summed E-state index contributed by atoms with van der Waals surface area (Å²) in [5, 5.41) is 12.9. The van der Waals surface area contributed by atoms with Gasteiger partial charge in [-0.1, -0.05) is 6.07 Å². The van der Waals surface area contributed by atoms with Crippen molar-refractivity contribution in [3.8, 4) is 11.8 Å². The molecule has 1 amide bonds. The number of benzene rings is 1. The molecule has 0 unspecified atom stereocenters. The highest BCUT2D eigenvalue weighted by molar-refractivity contribution is 9.10. The Hall–Kier alpha value is -3.18. The van der Waals surface area contributed by atoms with Crippen LogP contribution in [0, 0.1) is 17.1 Å². The summed E-state index contributed by atoms with van der Waals surface area (Å²) in [5.74, 6) is -0.116. The molecule has 2 aromatic heterocycles. The van der Waals surface area contributed by atoms with Crippen LogP contribution in [-0.2, 0) is 11.3 Å². The highest BCUT2D eigenvalue weighted by Crippen LogP contribution is 2.18. The van der Waals surface area contributed by atoms with Gasteiger partial charge in [0.1, 0.15) is 17.3 Å². The molecule has 0 aliphatic carbocycles. The third-order valence-corrected chi connectivity index (χ3v) is 4.33. The highest BCUT2D eigenvalue weighted by atomic mass is 79.9. The van der Waals surface area contributed by atoms with Gasteiger partial charge in [-0.15, -0.1) is 0 Å². The fourth-order valence-electron chi connectivity index (χ4n) is 2.56. The Balaban J connectivity index is 1.72. The van der Waals surface area contributed by atoms with Crippen LogP contribution in [0.1, 0.15) is 17.7 Å². The number of halogens is 2. The Kier molecular flexibility index (Phi) is 6.40. The van der Waals surface area contributed by atoms with Crippen LogP contribution >= 0.6 is 15.9 Å². The maximum atomic E-state index is 14.4. The molecule has 0 aliphatic heterocycles. The molecule has 3 aromatic rings. The maximum Gasteiger partial charge on any atom is 0.247 e. The minimum absolute atomic E-state index is 0.211. The first-order chi connectivity index (χ1) is 13.6. The van der Waals surface area contributed by atoms with Crippen molar-refractivity contribution >= 4 is 27.9 Å². The van der Waals surface area contributed by atoms with E-state index in [2.05, 4.69) is 21.0 Å². The Morgan fingerprint density at radius 3 is 2.93 bits per heavy atom. The topological polar surface area (TPSA) is 75.1 Å². The van der Waals surface area contributed by atoms with Gasteiger partial charge in [0, 0.05) is 18.8 Å². The minimum Gasteiger partial charge on any atom is -0.467 e. The van der Waals surface area contributed by atoms with Gasteiger partial charge in [0.05, 0.1) is 36.0 Å². The average molecular weight is 443 g/mol. The molecule has 0 saturated heterocycles. The van der Waals surface area contributed by atoms with Gasteiger partial charge < -0.3 is 9.32 Å². The average Bonchev–Trinajstić information content (AvgIpc) is 3.35. The lowest BCUT2D eigenvalue weighted by molar-refractivity contribution is -0.126. The summed E-state index contributed by atoms with van der Waals surface area (Å²) in [7, 11) is 0. The van der Waals surface area contributed by atoms with E-state index in [1.54, 1.807) is 36.7 Å². The van der Waals surface area contributed by atoms with Crippen LogP contribution in [-0.4, -0.2) is 27.1 Å². The van der Waals surface area contributed by atoms with Crippen LogP contribution in [0.5, 0.6) is 0 Å². The Morgan fingerprint density at radius 1 is 1.43 bits per heavy atom. The van der Waals surface area contributed by atoms with E-state index in [1.165, 1.54) is 34.1 Å². The first-order valence-corrected chi connectivity index (χ1v) is 9.22. The monoisotopic (exact) mass is 442 g/mol. The largest absolute Gasteiger partial charge is 0.467 e.